The maximum absolute atomic E-state index is 15.7. The lowest BCUT2D eigenvalue weighted by Gasteiger charge is -2.36. The van der Waals surface area contributed by atoms with Gasteiger partial charge in [-0.3, -0.25) is 9.78 Å². The average Bonchev–Trinajstić information content (AvgIpc) is 3.36. The second kappa shape index (κ2) is 12.0. The van der Waals surface area contributed by atoms with Crippen molar-refractivity contribution >= 4 is 28.6 Å². The number of amides is 1. The maximum atomic E-state index is 15.7. The van der Waals surface area contributed by atoms with Gasteiger partial charge in [0.15, 0.2) is 17.7 Å². The molecule has 0 bridgehead atoms. The zero-order valence-electron chi connectivity index (χ0n) is 27.2. The molecule has 1 amide bonds. The number of hydrogen-bond acceptors (Lipinski definition) is 7. The van der Waals surface area contributed by atoms with Gasteiger partial charge in [-0.25, -0.2) is 14.2 Å². The van der Waals surface area contributed by atoms with Crippen molar-refractivity contribution in [3.8, 4) is 16.9 Å². The van der Waals surface area contributed by atoms with Crippen molar-refractivity contribution in [1.29, 1.82) is 0 Å². The fourth-order valence-corrected chi connectivity index (χ4v) is 6.66. The normalized spacial score (nSPS) is 15.9. The van der Waals surface area contributed by atoms with Gasteiger partial charge in [0, 0.05) is 79.1 Å². The highest BCUT2D eigenvalue weighted by molar-refractivity contribution is 6.05. The molecular weight excluding hydrogens is 589 g/mol. The van der Waals surface area contributed by atoms with E-state index in [0.29, 0.717) is 78.3 Å². The third kappa shape index (κ3) is 5.68. The van der Waals surface area contributed by atoms with Crippen LogP contribution in [0.25, 0.3) is 22.2 Å². The number of aromatic nitrogens is 3. The van der Waals surface area contributed by atoms with Crippen LogP contribution >= 0.6 is 0 Å². The number of benzene rings is 1. The zero-order valence-corrected chi connectivity index (χ0v) is 27.2. The number of carbonyl (C=O) groups excluding carboxylic acids is 1. The molecule has 11 heteroatoms. The minimum atomic E-state index is -1.39. The molecule has 10 nitrogen and oxygen atoms in total. The van der Waals surface area contributed by atoms with Crippen LogP contribution in [0, 0.1) is 19.7 Å². The van der Waals surface area contributed by atoms with Gasteiger partial charge in [0.2, 0.25) is 0 Å². The number of fused-ring (bicyclic) bond motifs is 2. The van der Waals surface area contributed by atoms with E-state index in [-0.39, 0.29) is 11.7 Å². The topological polar surface area (TPSA) is 110 Å². The second-order valence-electron chi connectivity index (χ2n) is 13.0. The molecule has 0 saturated carbocycles. The summed E-state index contributed by atoms with van der Waals surface area (Å²) in [5.74, 6) is -1.60. The Bertz CT molecular complexity index is 1820. The van der Waals surface area contributed by atoms with E-state index in [2.05, 4.69) is 9.88 Å². The summed E-state index contributed by atoms with van der Waals surface area (Å²) in [4.78, 5) is 39.9. The van der Waals surface area contributed by atoms with Gasteiger partial charge in [0.25, 0.3) is 5.91 Å². The Morgan fingerprint density at radius 1 is 1.09 bits per heavy atom. The molecule has 0 aliphatic carbocycles. The SMILES string of the molecule is Cc1nc2c(cc(C(=O)N3CCN(c4ccncc4)CC3)n2C)c(-c2cc(F)c3c(c2C)CCCO3)c1[C@H](OC(C)(C)C)C(=O)O. The number of carbonyl (C=O) groups is 2. The summed E-state index contributed by atoms with van der Waals surface area (Å²) < 4.78 is 29.3. The van der Waals surface area contributed by atoms with Gasteiger partial charge >= 0.3 is 5.97 Å². The lowest BCUT2D eigenvalue weighted by Crippen LogP contribution is -2.49. The van der Waals surface area contributed by atoms with Crippen molar-refractivity contribution in [2.75, 3.05) is 37.7 Å². The number of anilines is 1. The van der Waals surface area contributed by atoms with Crippen LogP contribution in [0.15, 0.2) is 36.7 Å². The van der Waals surface area contributed by atoms with Crippen molar-refractivity contribution in [2.45, 2.75) is 59.2 Å². The predicted molar refractivity (Wildman–Crippen MR) is 173 cm³/mol. The number of aryl methyl sites for hydroxylation is 2. The standard InChI is InChI=1S/C35H40FN5O5/c1-20-23-8-7-17-45-30(23)26(36)18-24(20)29-25-19-27(33(42)41-15-13-40(14-16-41)22-9-11-37-12-10-22)39(6)32(25)38-21(2)28(29)31(34(43)44)46-35(3,4)5/h9-12,18-19,31H,7-8,13-17H2,1-6H3,(H,43,44)/t31-/m0/s1. The number of nitrogens with zero attached hydrogens (tertiary/aromatic N) is 5. The van der Waals surface area contributed by atoms with Gasteiger partial charge in [0.1, 0.15) is 11.3 Å². The molecular formula is C35H40FN5O5. The molecule has 1 aromatic carbocycles. The van der Waals surface area contributed by atoms with Crippen LogP contribution in [0.4, 0.5) is 10.1 Å². The Morgan fingerprint density at radius 2 is 1.78 bits per heavy atom. The number of piperazine rings is 1. The van der Waals surface area contributed by atoms with Crippen molar-refractivity contribution in [1.82, 2.24) is 19.4 Å². The number of carboxylic acid groups (broad SMARTS) is 1. The fraction of sp³-hybridized carbons (Fsp3) is 0.429. The quantitative estimate of drug-likeness (QED) is 0.293. The highest BCUT2D eigenvalue weighted by atomic mass is 19.1. The summed E-state index contributed by atoms with van der Waals surface area (Å²) in [6.45, 7) is 11.9. The monoisotopic (exact) mass is 629 g/mol. The molecule has 0 unspecified atom stereocenters. The second-order valence-corrected chi connectivity index (χ2v) is 13.0. The van der Waals surface area contributed by atoms with Crippen molar-refractivity contribution in [3.05, 3.63) is 70.6 Å². The van der Waals surface area contributed by atoms with Crippen LogP contribution < -0.4 is 9.64 Å². The molecule has 6 rings (SSSR count). The van der Waals surface area contributed by atoms with Crippen LogP contribution in [-0.2, 0) is 23.0 Å². The lowest BCUT2D eigenvalue weighted by molar-refractivity contribution is -0.160. The van der Waals surface area contributed by atoms with Crippen LogP contribution in [-0.4, -0.2) is 74.8 Å². The number of aliphatic carboxylic acids is 1. The van der Waals surface area contributed by atoms with E-state index >= 15 is 4.39 Å². The molecule has 1 fully saturated rings. The highest BCUT2D eigenvalue weighted by Crippen LogP contribution is 2.45. The van der Waals surface area contributed by atoms with Crippen LogP contribution in [0.3, 0.4) is 0 Å². The Morgan fingerprint density at radius 3 is 2.43 bits per heavy atom. The zero-order chi connectivity index (χ0) is 32.9. The van der Waals surface area contributed by atoms with Gasteiger partial charge in [0.05, 0.1) is 12.2 Å². The van der Waals surface area contributed by atoms with E-state index < -0.39 is 23.5 Å². The summed E-state index contributed by atoms with van der Waals surface area (Å²) in [7, 11) is 1.78. The summed E-state index contributed by atoms with van der Waals surface area (Å²) in [5, 5.41) is 11.0. The van der Waals surface area contributed by atoms with E-state index in [1.165, 1.54) is 6.07 Å². The van der Waals surface area contributed by atoms with Crippen molar-refractivity contribution in [2.24, 2.45) is 7.05 Å². The fourth-order valence-electron chi connectivity index (χ4n) is 6.66. The number of halogens is 1. The summed E-state index contributed by atoms with van der Waals surface area (Å²) >= 11 is 0. The molecule has 0 radical (unpaired) electrons. The molecule has 4 aromatic rings. The third-order valence-corrected chi connectivity index (χ3v) is 8.88. The lowest BCUT2D eigenvalue weighted by atomic mass is 9.86. The number of rotatable bonds is 6. The Kier molecular flexibility index (Phi) is 8.22. The largest absolute Gasteiger partial charge is 0.490 e. The highest BCUT2D eigenvalue weighted by Gasteiger charge is 2.35. The molecule has 1 atom stereocenters. The third-order valence-electron chi connectivity index (χ3n) is 8.88. The van der Waals surface area contributed by atoms with Crippen LogP contribution in [0.2, 0.25) is 0 Å². The van der Waals surface area contributed by atoms with Crippen LogP contribution in [0.1, 0.15) is 66.2 Å². The molecule has 2 aliphatic heterocycles. The Balaban J connectivity index is 1.51. The smallest absolute Gasteiger partial charge is 0.337 e. The molecule has 0 spiro atoms. The summed E-state index contributed by atoms with van der Waals surface area (Å²) in [5.41, 5.74) is 4.54. The summed E-state index contributed by atoms with van der Waals surface area (Å²) in [6.07, 6.45) is 3.51. The van der Waals surface area contributed by atoms with E-state index in [1.807, 2.05) is 24.0 Å². The predicted octanol–water partition coefficient (Wildman–Crippen LogP) is 5.62. The molecule has 242 valence electrons. The first-order valence-corrected chi connectivity index (χ1v) is 15.7. The Hall–Kier alpha value is -4.51. The number of carboxylic acids is 1. The van der Waals surface area contributed by atoms with Crippen molar-refractivity contribution < 1.29 is 28.6 Å². The molecule has 2 aliphatic rings. The van der Waals surface area contributed by atoms with E-state index in [0.717, 1.165) is 23.2 Å². The first-order chi connectivity index (χ1) is 21.9. The minimum Gasteiger partial charge on any atom is -0.490 e. The van der Waals surface area contributed by atoms with E-state index in [4.69, 9.17) is 14.5 Å². The Labute approximate surface area is 267 Å². The van der Waals surface area contributed by atoms with E-state index in [1.54, 1.807) is 57.8 Å². The molecule has 46 heavy (non-hydrogen) atoms. The molecule has 3 aromatic heterocycles. The van der Waals surface area contributed by atoms with Crippen molar-refractivity contribution in [3.63, 3.8) is 0 Å². The first-order valence-electron chi connectivity index (χ1n) is 15.7. The molecule has 1 N–H and O–H groups in total. The van der Waals surface area contributed by atoms with Gasteiger partial charge in [-0.2, -0.15) is 0 Å². The molecule has 1 saturated heterocycles. The van der Waals surface area contributed by atoms with Gasteiger partial charge < -0.3 is 28.9 Å². The summed E-state index contributed by atoms with van der Waals surface area (Å²) in [6, 6.07) is 7.10. The minimum absolute atomic E-state index is 0.150. The number of ether oxygens (including phenoxy) is 2. The van der Waals surface area contributed by atoms with Crippen LogP contribution in [0.5, 0.6) is 5.75 Å². The maximum Gasteiger partial charge on any atom is 0.337 e. The van der Waals surface area contributed by atoms with Gasteiger partial charge in [-0.05, 0) is 82.9 Å². The van der Waals surface area contributed by atoms with Gasteiger partial charge in [-0.1, -0.05) is 0 Å². The average molecular weight is 630 g/mol. The van der Waals surface area contributed by atoms with Gasteiger partial charge in [-0.15, -0.1) is 0 Å². The van der Waals surface area contributed by atoms with E-state index in [9.17, 15) is 14.7 Å². The number of pyridine rings is 2. The first kappa shape index (κ1) is 31.5. The number of hydrogen-bond donors (Lipinski definition) is 1. The molecule has 5 heterocycles.